The number of hydrogen-bond donors (Lipinski definition) is 1. The van der Waals surface area contributed by atoms with Crippen molar-refractivity contribution in [3.05, 3.63) is 169 Å². The molecule has 1 aromatic heterocycles. The van der Waals surface area contributed by atoms with Crippen molar-refractivity contribution in [2.75, 3.05) is 10.2 Å². The van der Waals surface area contributed by atoms with E-state index in [9.17, 15) is 0 Å². The van der Waals surface area contributed by atoms with Crippen LogP contribution in [0.5, 0.6) is 0 Å². The van der Waals surface area contributed by atoms with Gasteiger partial charge in [-0.25, -0.2) is 15.0 Å². The molecule has 1 atom stereocenters. The number of aromatic nitrogens is 3. The molecular formula is C42H29N5. The van der Waals surface area contributed by atoms with Crippen molar-refractivity contribution in [1.82, 2.24) is 15.0 Å². The van der Waals surface area contributed by atoms with Gasteiger partial charge in [-0.2, -0.15) is 0 Å². The van der Waals surface area contributed by atoms with Gasteiger partial charge < -0.3 is 10.2 Å². The molecule has 222 valence electrons. The average Bonchev–Trinajstić information content (AvgIpc) is 3.56. The molecule has 0 bridgehead atoms. The summed E-state index contributed by atoms with van der Waals surface area (Å²) >= 11 is 0. The third-order valence-electron chi connectivity index (χ3n) is 8.88. The minimum Gasteiger partial charge on any atom is -0.359 e. The molecule has 2 heterocycles. The second-order valence-electron chi connectivity index (χ2n) is 11.8. The molecule has 0 saturated heterocycles. The normalized spacial score (nSPS) is 13.9. The van der Waals surface area contributed by atoms with E-state index in [1.807, 2.05) is 60.7 Å². The molecule has 1 N–H and O–H groups in total. The average molecular weight is 604 g/mol. The molecule has 0 fully saturated rings. The maximum absolute atomic E-state index is 4.97. The zero-order chi connectivity index (χ0) is 31.2. The van der Waals surface area contributed by atoms with Crippen molar-refractivity contribution in [1.29, 1.82) is 0 Å². The maximum atomic E-state index is 4.97. The summed E-state index contributed by atoms with van der Waals surface area (Å²) in [5, 5.41) is 8.63. The Labute approximate surface area is 272 Å². The highest BCUT2D eigenvalue weighted by atomic mass is 15.3. The first-order valence-electron chi connectivity index (χ1n) is 15.8. The highest BCUT2D eigenvalue weighted by Crippen LogP contribution is 2.50. The Bertz CT molecular complexity index is 2320. The van der Waals surface area contributed by atoms with Crippen LogP contribution in [0.3, 0.4) is 0 Å². The van der Waals surface area contributed by atoms with Crippen molar-refractivity contribution in [2.24, 2.45) is 0 Å². The first-order chi connectivity index (χ1) is 23.3. The molecule has 1 unspecified atom stereocenters. The molecule has 0 spiro atoms. The van der Waals surface area contributed by atoms with Crippen LogP contribution in [-0.2, 0) is 0 Å². The Morgan fingerprint density at radius 3 is 1.64 bits per heavy atom. The summed E-state index contributed by atoms with van der Waals surface area (Å²) in [7, 11) is 0. The van der Waals surface area contributed by atoms with Crippen molar-refractivity contribution in [3.63, 3.8) is 0 Å². The van der Waals surface area contributed by atoms with E-state index in [2.05, 4.69) is 113 Å². The predicted octanol–water partition coefficient (Wildman–Crippen LogP) is 10.4. The fourth-order valence-electron chi connectivity index (χ4n) is 6.65. The van der Waals surface area contributed by atoms with E-state index in [1.165, 1.54) is 21.7 Å². The van der Waals surface area contributed by atoms with Gasteiger partial charge in [0.25, 0.3) is 0 Å². The Hall–Kier alpha value is -6.33. The molecule has 0 aliphatic carbocycles. The van der Waals surface area contributed by atoms with Crippen LogP contribution in [0.1, 0.15) is 11.7 Å². The van der Waals surface area contributed by atoms with Gasteiger partial charge in [-0.1, -0.05) is 140 Å². The monoisotopic (exact) mass is 603 g/mol. The third-order valence-corrected chi connectivity index (χ3v) is 8.88. The van der Waals surface area contributed by atoms with Crippen molar-refractivity contribution >= 4 is 38.6 Å². The summed E-state index contributed by atoms with van der Waals surface area (Å²) in [6.07, 6.45) is -0.0354. The molecule has 0 amide bonds. The predicted molar refractivity (Wildman–Crippen MR) is 193 cm³/mol. The van der Waals surface area contributed by atoms with E-state index >= 15 is 0 Å². The lowest BCUT2D eigenvalue weighted by Gasteiger charge is -2.27. The first kappa shape index (κ1) is 27.0. The van der Waals surface area contributed by atoms with Crippen LogP contribution in [0.4, 0.5) is 17.1 Å². The number of anilines is 3. The fourth-order valence-corrected chi connectivity index (χ4v) is 6.65. The molecule has 8 aromatic rings. The molecule has 0 saturated carbocycles. The number of para-hydroxylation sites is 1. The molecule has 0 radical (unpaired) electrons. The molecule has 5 nitrogen and oxygen atoms in total. The topological polar surface area (TPSA) is 53.9 Å². The van der Waals surface area contributed by atoms with Gasteiger partial charge in [-0.3, -0.25) is 0 Å². The van der Waals surface area contributed by atoms with Crippen molar-refractivity contribution in [3.8, 4) is 34.2 Å². The van der Waals surface area contributed by atoms with Gasteiger partial charge >= 0.3 is 0 Å². The van der Waals surface area contributed by atoms with Gasteiger partial charge in [-0.15, -0.1) is 0 Å². The lowest BCUT2D eigenvalue weighted by atomic mass is 9.98. The van der Waals surface area contributed by atoms with E-state index in [0.29, 0.717) is 17.5 Å². The molecule has 9 rings (SSSR count). The summed E-state index contributed by atoms with van der Waals surface area (Å²) < 4.78 is 0. The van der Waals surface area contributed by atoms with E-state index in [0.717, 1.165) is 39.1 Å². The van der Waals surface area contributed by atoms with Crippen molar-refractivity contribution < 1.29 is 0 Å². The van der Waals surface area contributed by atoms with Crippen LogP contribution in [-0.4, -0.2) is 15.0 Å². The summed E-state index contributed by atoms with van der Waals surface area (Å²) in [6.45, 7) is 0. The quantitative estimate of drug-likeness (QED) is 0.198. The van der Waals surface area contributed by atoms with E-state index in [-0.39, 0.29) is 6.17 Å². The SMILES string of the molecule is c1ccc(-c2nc(-c3ccccc3)nc(-c3ccc4c(ccc5ccc6c(c54)NC(c4ccccc4)N6c4ccccc4)c3)n2)cc1. The van der Waals surface area contributed by atoms with Gasteiger partial charge in [-0.05, 0) is 46.0 Å². The molecule has 1 aliphatic heterocycles. The number of nitrogens with zero attached hydrogens (tertiary/aromatic N) is 4. The standard InChI is InChI=1S/C42H29N5/c1-5-13-29(14-6-1)39-44-40(30-15-7-2-8-16-30)46-41(45-39)33-23-25-35-32(27-33)22-21-28-24-26-36-38(37(28)35)43-42(31-17-9-3-10-18-31)47(36)34-19-11-4-12-20-34/h1-27,42-43H. The number of rotatable bonds is 5. The molecular weight excluding hydrogens is 574 g/mol. The summed E-state index contributed by atoms with van der Waals surface area (Å²) in [4.78, 5) is 17.2. The Kier molecular flexibility index (Phi) is 6.46. The smallest absolute Gasteiger partial charge is 0.164 e. The van der Waals surface area contributed by atoms with Crippen LogP contribution < -0.4 is 10.2 Å². The van der Waals surface area contributed by atoms with Crippen LogP contribution in [0.2, 0.25) is 0 Å². The van der Waals surface area contributed by atoms with Crippen LogP contribution in [0.25, 0.3) is 55.7 Å². The minimum absolute atomic E-state index is 0.0354. The largest absolute Gasteiger partial charge is 0.359 e. The molecule has 5 heteroatoms. The lowest BCUT2D eigenvalue weighted by Crippen LogP contribution is -2.23. The Morgan fingerprint density at radius 2 is 1.00 bits per heavy atom. The van der Waals surface area contributed by atoms with Gasteiger partial charge in [0.15, 0.2) is 17.5 Å². The minimum atomic E-state index is -0.0354. The second kappa shape index (κ2) is 11.2. The van der Waals surface area contributed by atoms with E-state index < -0.39 is 0 Å². The summed E-state index contributed by atoms with van der Waals surface area (Å²) in [5.41, 5.74) is 7.51. The van der Waals surface area contributed by atoms with Gasteiger partial charge in [0.2, 0.25) is 0 Å². The molecule has 7 aromatic carbocycles. The third kappa shape index (κ3) is 4.77. The van der Waals surface area contributed by atoms with Crippen molar-refractivity contribution in [2.45, 2.75) is 6.17 Å². The maximum Gasteiger partial charge on any atom is 0.164 e. The second-order valence-corrected chi connectivity index (χ2v) is 11.8. The zero-order valence-electron chi connectivity index (χ0n) is 25.5. The first-order valence-corrected chi connectivity index (χ1v) is 15.8. The number of hydrogen-bond acceptors (Lipinski definition) is 5. The van der Waals surface area contributed by atoms with Crippen LogP contribution >= 0.6 is 0 Å². The van der Waals surface area contributed by atoms with E-state index in [4.69, 9.17) is 15.0 Å². The van der Waals surface area contributed by atoms with Crippen LogP contribution in [0, 0.1) is 0 Å². The number of benzene rings is 7. The molecule has 47 heavy (non-hydrogen) atoms. The highest BCUT2D eigenvalue weighted by molar-refractivity contribution is 6.18. The van der Waals surface area contributed by atoms with Crippen LogP contribution in [0.15, 0.2) is 164 Å². The summed E-state index contributed by atoms with van der Waals surface area (Å²) in [5.74, 6) is 1.96. The number of fused-ring (bicyclic) bond motifs is 5. The zero-order valence-corrected chi connectivity index (χ0v) is 25.5. The Balaban J connectivity index is 1.21. The lowest BCUT2D eigenvalue weighted by molar-refractivity contribution is 0.828. The van der Waals surface area contributed by atoms with Gasteiger partial charge in [0.1, 0.15) is 6.17 Å². The number of nitrogens with one attached hydrogen (secondary N) is 1. The highest BCUT2D eigenvalue weighted by Gasteiger charge is 2.32. The van der Waals surface area contributed by atoms with Gasteiger partial charge in [0, 0.05) is 27.8 Å². The summed E-state index contributed by atoms with van der Waals surface area (Å²) in [6, 6.07) is 56.9. The van der Waals surface area contributed by atoms with Gasteiger partial charge in [0.05, 0.1) is 11.4 Å². The fraction of sp³-hybridized carbons (Fsp3) is 0.0238. The molecule has 1 aliphatic rings. The Morgan fingerprint density at radius 1 is 0.468 bits per heavy atom. The van der Waals surface area contributed by atoms with E-state index in [1.54, 1.807) is 0 Å².